The van der Waals surface area contributed by atoms with Crippen molar-refractivity contribution in [3.05, 3.63) is 22.4 Å². The molecule has 1 aliphatic heterocycles. The Morgan fingerprint density at radius 3 is 2.88 bits per heavy atom. The number of piperidine rings is 1. The monoisotopic (exact) mass is 252 g/mol. The van der Waals surface area contributed by atoms with Crippen LogP contribution >= 0.6 is 11.3 Å². The highest BCUT2D eigenvalue weighted by molar-refractivity contribution is 7.07. The van der Waals surface area contributed by atoms with E-state index >= 15 is 0 Å². The van der Waals surface area contributed by atoms with E-state index < -0.39 is 0 Å². The molecule has 1 aliphatic rings. The van der Waals surface area contributed by atoms with Gasteiger partial charge in [0.1, 0.15) is 0 Å². The maximum absolute atomic E-state index is 3.61. The predicted octanol–water partition coefficient (Wildman–Crippen LogP) is 2.61. The number of thiophene rings is 1. The number of rotatable bonds is 6. The van der Waals surface area contributed by atoms with Gasteiger partial charge in [-0.05, 0) is 80.3 Å². The Labute approximate surface area is 109 Å². The molecule has 0 atom stereocenters. The molecule has 0 unspecified atom stereocenters. The number of nitrogens with zero attached hydrogens (tertiary/aromatic N) is 1. The first kappa shape index (κ1) is 13.1. The van der Waals surface area contributed by atoms with Gasteiger partial charge in [0.05, 0.1) is 0 Å². The number of likely N-dealkylation sites (tertiary alicyclic amines) is 1. The van der Waals surface area contributed by atoms with Crippen LogP contribution in [0.25, 0.3) is 0 Å². The van der Waals surface area contributed by atoms with Crippen molar-refractivity contribution in [2.75, 3.05) is 32.7 Å². The van der Waals surface area contributed by atoms with E-state index in [2.05, 4.69) is 34.0 Å². The molecule has 0 aliphatic carbocycles. The van der Waals surface area contributed by atoms with Crippen molar-refractivity contribution in [2.45, 2.75) is 26.2 Å². The highest BCUT2D eigenvalue weighted by atomic mass is 32.1. The summed E-state index contributed by atoms with van der Waals surface area (Å²) in [5.41, 5.74) is 1.48. The highest BCUT2D eigenvalue weighted by Crippen LogP contribution is 2.15. The Kier molecular flexibility index (Phi) is 5.49. The lowest BCUT2D eigenvalue weighted by Crippen LogP contribution is -2.37. The first-order valence-electron chi connectivity index (χ1n) is 6.82. The molecule has 0 amide bonds. The average Bonchev–Trinajstić information content (AvgIpc) is 2.88. The van der Waals surface area contributed by atoms with Crippen molar-refractivity contribution in [1.82, 2.24) is 10.2 Å². The van der Waals surface area contributed by atoms with E-state index in [9.17, 15) is 0 Å². The van der Waals surface area contributed by atoms with Gasteiger partial charge in [0.15, 0.2) is 0 Å². The van der Waals surface area contributed by atoms with Crippen LogP contribution < -0.4 is 5.32 Å². The van der Waals surface area contributed by atoms with Crippen LogP contribution in [0.2, 0.25) is 0 Å². The van der Waals surface area contributed by atoms with Gasteiger partial charge in [-0.25, -0.2) is 0 Å². The molecule has 1 fully saturated rings. The molecule has 17 heavy (non-hydrogen) atoms. The lowest BCUT2D eigenvalue weighted by molar-refractivity contribution is 0.190. The maximum Gasteiger partial charge on any atom is -0.000794 e. The minimum Gasteiger partial charge on any atom is -0.316 e. The second-order valence-electron chi connectivity index (χ2n) is 4.96. The molecule has 0 spiro atoms. The van der Waals surface area contributed by atoms with Gasteiger partial charge in [-0.3, -0.25) is 0 Å². The van der Waals surface area contributed by atoms with Gasteiger partial charge in [-0.1, -0.05) is 6.92 Å². The molecule has 2 heterocycles. The van der Waals surface area contributed by atoms with E-state index in [4.69, 9.17) is 0 Å². The Balaban J connectivity index is 1.54. The van der Waals surface area contributed by atoms with E-state index in [1.54, 1.807) is 11.3 Å². The first-order chi connectivity index (χ1) is 8.38. The van der Waals surface area contributed by atoms with Crippen LogP contribution in [-0.2, 0) is 6.42 Å². The summed E-state index contributed by atoms with van der Waals surface area (Å²) >= 11 is 1.80. The molecule has 0 bridgehead atoms. The molecule has 0 saturated carbocycles. The molecule has 1 saturated heterocycles. The summed E-state index contributed by atoms with van der Waals surface area (Å²) in [7, 11) is 0. The zero-order valence-corrected chi connectivity index (χ0v) is 11.6. The molecule has 1 N–H and O–H groups in total. The van der Waals surface area contributed by atoms with Gasteiger partial charge in [0.25, 0.3) is 0 Å². The Hall–Kier alpha value is -0.380. The topological polar surface area (TPSA) is 15.3 Å². The van der Waals surface area contributed by atoms with Gasteiger partial charge in [-0.2, -0.15) is 11.3 Å². The Morgan fingerprint density at radius 2 is 2.24 bits per heavy atom. The number of nitrogens with one attached hydrogen (secondary N) is 1. The third kappa shape index (κ3) is 4.41. The third-order valence-electron chi connectivity index (χ3n) is 3.76. The normalized spacial score (nSPS) is 18.6. The van der Waals surface area contributed by atoms with Crippen LogP contribution in [0.4, 0.5) is 0 Å². The Morgan fingerprint density at radius 1 is 1.41 bits per heavy atom. The van der Waals surface area contributed by atoms with Crippen molar-refractivity contribution in [2.24, 2.45) is 5.92 Å². The summed E-state index contributed by atoms with van der Waals surface area (Å²) in [5, 5.41) is 8.03. The van der Waals surface area contributed by atoms with Crippen LogP contribution in [0.3, 0.4) is 0 Å². The maximum atomic E-state index is 3.61. The van der Waals surface area contributed by atoms with Gasteiger partial charge < -0.3 is 10.2 Å². The quantitative estimate of drug-likeness (QED) is 0.783. The molecule has 96 valence electrons. The van der Waals surface area contributed by atoms with Crippen molar-refractivity contribution in [3.63, 3.8) is 0 Å². The standard InChI is InChI=1S/C14H24N2S/c1-2-16-8-4-13(5-9-16)11-15-7-3-14-6-10-17-12-14/h6,10,12-13,15H,2-5,7-9,11H2,1H3. The first-order valence-corrected chi connectivity index (χ1v) is 7.77. The summed E-state index contributed by atoms with van der Waals surface area (Å²) in [6, 6.07) is 2.23. The van der Waals surface area contributed by atoms with Crippen LogP contribution in [0.1, 0.15) is 25.3 Å². The van der Waals surface area contributed by atoms with E-state index in [0.717, 1.165) is 12.5 Å². The molecule has 3 heteroatoms. The minimum absolute atomic E-state index is 0.903. The fraction of sp³-hybridized carbons (Fsp3) is 0.714. The summed E-state index contributed by atoms with van der Waals surface area (Å²) in [5.74, 6) is 0.903. The van der Waals surface area contributed by atoms with Crippen LogP contribution in [0.15, 0.2) is 16.8 Å². The third-order valence-corrected chi connectivity index (χ3v) is 4.49. The molecule has 1 aromatic rings. The van der Waals surface area contributed by atoms with Crippen molar-refractivity contribution < 1.29 is 0 Å². The van der Waals surface area contributed by atoms with Gasteiger partial charge >= 0.3 is 0 Å². The number of hydrogen-bond donors (Lipinski definition) is 1. The minimum atomic E-state index is 0.903. The molecule has 1 aromatic heterocycles. The van der Waals surface area contributed by atoms with Crippen LogP contribution in [0, 0.1) is 5.92 Å². The van der Waals surface area contributed by atoms with E-state index in [1.165, 1.54) is 51.0 Å². The molecular formula is C14H24N2S. The predicted molar refractivity (Wildman–Crippen MR) is 75.7 cm³/mol. The summed E-state index contributed by atoms with van der Waals surface area (Å²) in [6.45, 7) is 8.42. The van der Waals surface area contributed by atoms with Gasteiger partial charge in [0, 0.05) is 0 Å². The molecular weight excluding hydrogens is 228 g/mol. The lowest BCUT2D eigenvalue weighted by Gasteiger charge is -2.31. The van der Waals surface area contributed by atoms with E-state index in [-0.39, 0.29) is 0 Å². The van der Waals surface area contributed by atoms with E-state index in [1.807, 2.05) is 0 Å². The summed E-state index contributed by atoms with van der Waals surface area (Å²) < 4.78 is 0. The fourth-order valence-corrected chi connectivity index (χ4v) is 3.18. The lowest BCUT2D eigenvalue weighted by atomic mass is 9.97. The molecule has 2 nitrogen and oxygen atoms in total. The average molecular weight is 252 g/mol. The van der Waals surface area contributed by atoms with Crippen molar-refractivity contribution in [3.8, 4) is 0 Å². The van der Waals surface area contributed by atoms with Gasteiger partial charge in [-0.15, -0.1) is 0 Å². The Bertz CT molecular complexity index is 289. The van der Waals surface area contributed by atoms with Crippen molar-refractivity contribution >= 4 is 11.3 Å². The molecule has 2 rings (SSSR count). The van der Waals surface area contributed by atoms with Gasteiger partial charge in [0.2, 0.25) is 0 Å². The van der Waals surface area contributed by atoms with Crippen LogP contribution in [-0.4, -0.2) is 37.6 Å². The smallest absolute Gasteiger partial charge is 0.000794 e. The number of hydrogen-bond acceptors (Lipinski definition) is 3. The SMILES string of the molecule is CCN1CCC(CNCCc2ccsc2)CC1. The molecule has 0 radical (unpaired) electrons. The second kappa shape index (κ2) is 7.14. The van der Waals surface area contributed by atoms with E-state index in [0.29, 0.717) is 0 Å². The zero-order valence-electron chi connectivity index (χ0n) is 10.8. The zero-order chi connectivity index (χ0) is 11.9. The largest absolute Gasteiger partial charge is 0.316 e. The van der Waals surface area contributed by atoms with Crippen molar-refractivity contribution in [1.29, 1.82) is 0 Å². The highest BCUT2D eigenvalue weighted by Gasteiger charge is 2.17. The fourth-order valence-electron chi connectivity index (χ4n) is 2.48. The van der Waals surface area contributed by atoms with Crippen LogP contribution in [0.5, 0.6) is 0 Å². The second-order valence-corrected chi connectivity index (χ2v) is 5.74. The summed E-state index contributed by atoms with van der Waals surface area (Å²) in [4.78, 5) is 2.56. The molecule has 0 aromatic carbocycles. The summed E-state index contributed by atoms with van der Waals surface area (Å²) in [6.07, 6.45) is 3.93.